The third kappa shape index (κ3) is 4.77. The van der Waals surface area contributed by atoms with E-state index in [0.29, 0.717) is 25.4 Å². The Morgan fingerprint density at radius 1 is 1.43 bits per heavy atom. The first-order valence-electron chi connectivity index (χ1n) is 8.54. The van der Waals surface area contributed by atoms with Gasteiger partial charge < -0.3 is 10.2 Å². The number of amides is 2. The van der Waals surface area contributed by atoms with Crippen molar-refractivity contribution < 1.29 is 9.59 Å². The Morgan fingerprint density at radius 2 is 2.22 bits per heavy atom. The lowest BCUT2D eigenvalue weighted by Gasteiger charge is -2.34. The number of carbonyl (C=O) groups is 2. The Kier molecular flexibility index (Phi) is 6.57. The maximum Gasteiger partial charge on any atom is 0.243 e. The van der Waals surface area contributed by atoms with E-state index in [1.807, 2.05) is 12.3 Å². The molecule has 5 nitrogen and oxygen atoms in total. The van der Waals surface area contributed by atoms with Crippen molar-refractivity contribution in [2.45, 2.75) is 71.4 Å². The molecule has 2 heterocycles. The van der Waals surface area contributed by atoms with Crippen LogP contribution in [0.5, 0.6) is 0 Å². The number of aromatic nitrogens is 1. The van der Waals surface area contributed by atoms with Crippen LogP contribution in [0.25, 0.3) is 0 Å². The van der Waals surface area contributed by atoms with E-state index < -0.39 is 0 Å². The highest BCUT2D eigenvalue weighted by Gasteiger charge is 2.31. The van der Waals surface area contributed by atoms with E-state index in [0.717, 1.165) is 36.4 Å². The second-order valence-corrected chi connectivity index (χ2v) is 7.29. The molecule has 0 aromatic carbocycles. The van der Waals surface area contributed by atoms with E-state index in [-0.39, 0.29) is 17.9 Å². The van der Waals surface area contributed by atoms with Gasteiger partial charge in [0, 0.05) is 24.3 Å². The molecule has 1 aromatic rings. The normalized spacial score (nSPS) is 18.3. The Balaban J connectivity index is 1.93. The van der Waals surface area contributed by atoms with E-state index in [1.54, 1.807) is 16.2 Å². The van der Waals surface area contributed by atoms with Crippen LogP contribution in [-0.2, 0) is 16.1 Å². The van der Waals surface area contributed by atoms with E-state index in [2.05, 4.69) is 24.1 Å². The van der Waals surface area contributed by atoms with Gasteiger partial charge in [0.05, 0.1) is 17.2 Å². The lowest BCUT2D eigenvalue weighted by Crippen LogP contribution is -2.51. The molecule has 1 N–H and O–H groups in total. The maximum absolute atomic E-state index is 12.5. The van der Waals surface area contributed by atoms with E-state index >= 15 is 0 Å². The second kappa shape index (κ2) is 8.43. The summed E-state index contributed by atoms with van der Waals surface area (Å²) in [6.07, 6.45) is 4.09. The summed E-state index contributed by atoms with van der Waals surface area (Å²) in [5, 5.41) is 6.05. The summed E-state index contributed by atoms with van der Waals surface area (Å²) in [4.78, 5) is 31.0. The van der Waals surface area contributed by atoms with Gasteiger partial charge >= 0.3 is 0 Å². The number of hydrogen-bond donors (Lipinski definition) is 1. The molecule has 0 unspecified atom stereocenters. The summed E-state index contributed by atoms with van der Waals surface area (Å²) in [6, 6.07) is -0.314. The van der Waals surface area contributed by atoms with Crippen LogP contribution in [0.3, 0.4) is 0 Å². The Morgan fingerprint density at radius 3 is 2.87 bits per heavy atom. The molecule has 1 fully saturated rings. The van der Waals surface area contributed by atoms with Gasteiger partial charge in [0.25, 0.3) is 0 Å². The number of thiazole rings is 1. The molecule has 1 atom stereocenters. The van der Waals surface area contributed by atoms with Crippen LogP contribution in [0.1, 0.15) is 69.5 Å². The predicted octanol–water partition coefficient (Wildman–Crippen LogP) is 3.06. The highest BCUT2D eigenvalue weighted by molar-refractivity contribution is 7.09. The summed E-state index contributed by atoms with van der Waals surface area (Å²) in [7, 11) is 0. The van der Waals surface area contributed by atoms with Gasteiger partial charge in [-0.05, 0) is 25.7 Å². The zero-order valence-electron chi connectivity index (χ0n) is 14.3. The maximum atomic E-state index is 12.5. The molecule has 2 rings (SSSR count). The average Bonchev–Trinajstić information content (AvgIpc) is 3.02. The molecule has 0 spiro atoms. The number of piperidine rings is 1. The fraction of sp³-hybridized carbons (Fsp3) is 0.706. The summed E-state index contributed by atoms with van der Waals surface area (Å²) in [6.45, 7) is 7.35. The van der Waals surface area contributed by atoms with Crippen molar-refractivity contribution in [2.24, 2.45) is 0 Å². The molecule has 1 aliphatic heterocycles. The van der Waals surface area contributed by atoms with Crippen molar-refractivity contribution in [1.82, 2.24) is 15.2 Å². The predicted molar refractivity (Wildman–Crippen MR) is 92.3 cm³/mol. The first-order valence-corrected chi connectivity index (χ1v) is 9.42. The van der Waals surface area contributed by atoms with Gasteiger partial charge in [-0.25, -0.2) is 4.98 Å². The number of rotatable bonds is 6. The van der Waals surface area contributed by atoms with Crippen LogP contribution in [0.15, 0.2) is 5.38 Å². The number of hydrogen-bond acceptors (Lipinski definition) is 4. The van der Waals surface area contributed by atoms with E-state index in [4.69, 9.17) is 0 Å². The molecule has 1 saturated heterocycles. The molecular weight excluding hydrogens is 310 g/mol. The highest BCUT2D eigenvalue weighted by Crippen LogP contribution is 2.20. The molecular formula is C17H27N3O2S. The molecule has 6 heteroatoms. The molecule has 23 heavy (non-hydrogen) atoms. The van der Waals surface area contributed by atoms with Crippen molar-refractivity contribution in [3.05, 3.63) is 16.1 Å². The van der Waals surface area contributed by atoms with Gasteiger partial charge in [-0.2, -0.15) is 0 Å². The topological polar surface area (TPSA) is 62.3 Å². The average molecular weight is 337 g/mol. The smallest absolute Gasteiger partial charge is 0.243 e. The summed E-state index contributed by atoms with van der Waals surface area (Å²) in [5.74, 6) is 0.460. The molecule has 0 bridgehead atoms. The fourth-order valence-electron chi connectivity index (χ4n) is 2.82. The molecule has 128 valence electrons. The lowest BCUT2D eigenvalue weighted by molar-refractivity contribution is -0.142. The number of nitrogens with zero attached hydrogens (tertiary/aromatic N) is 2. The lowest BCUT2D eigenvalue weighted by atomic mass is 10.0. The van der Waals surface area contributed by atoms with Crippen molar-refractivity contribution in [1.29, 1.82) is 0 Å². The SMILES string of the molecule is CCCC(=O)N1CCCC[C@H]1C(=O)NCc1csc(C(C)C)n1. The number of nitrogens with one attached hydrogen (secondary N) is 1. The standard InChI is InChI=1S/C17H27N3O2S/c1-4-7-15(21)20-9-6-5-8-14(20)16(22)18-10-13-11-23-17(19-13)12(2)3/h11-12,14H,4-10H2,1-3H3,(H,18,22)/t14-/m0/s1. The van der Waals surface area contributed by atoms with Gasteiger partial charge in [0.2, 0.25) is 11.8 Å². The Hall–Kier alpha value is -1.43. The van der Waals surface area contributed by atoms with Gasteiger partial charge in [-0.3, -0.25) is 9.59 Å². The number of carbonyl (C=O) groups excluding carboxylic acids is 2. The van der Waals surface area contributed by atoms with E-state index in [9.17, 15) is 9.59 Å². The fourth-order valence-corrected chi connectivity index (χ4v) is 3.66. The summed E-state index contributed by atoms with van der Waals surface area (Å²) >= 11 is 1.63. The summed E-state index contributed by atoms with van der Waals surface area (Å²) in [5.41, 5.74) is 0.897. The monoisotopic (exact) mass is 337 g/mol. The zero-order chi connectivity index (χ0) is 16.8. The molecule has 1 aromatic heterocycles. The third-order valence-corrected chi connectivity index (χ3v) is 5.29. The van der Waals surface area contributed by atoms with Gasteiger partial charge in [0.15, 0.2) is 0 Å². The minimum atomic E-state index is -0.314. The molecule has 0 aliphatic carbocycles. The molecule has 0 radical (unpaired) electrons. The van der Waals surface area contributed by atoms with Crippen molar-refractivity contribution in [2.75, 3.05) is 6.54 Å². The number of likely N-dealkylation sites (tertiary alicyclic amines) is 1. The van der Waals surface area contributed by atoms with Crippen LogP contribution >= 0.6 is 11.3 Å². The quantitative estimate of drug-likeness (QED) is 0.868. The highest BCUT2D eigenvalue weighted by atomic mass is 32.1. The van der Waals surface area contributed by atoms with Crippen molar-refractivity contribution in [3.8, 4) is 0 Å². The van der Waals surface area contributed by atoms with Crippen molar-refractivity contribution in [3.63, 3.8) is 0 Å². The van der Waals surface area contributed by atoms with Gasteiger partial charge in [0.1, 0.15) is 6.04 Å². The third-order valence-electron chi connectivity index (χ3n) is 4.10. The minimum absolute atomic E-state index is 0.0479. The van der Waals surface area contributed by atoms with Gasteiger partial charge in [-0.15, -0.1) is 11.3 Å². The van der Waals surface area contributed by atoms with Crippen LogP contribution in [-0.4, -0.2) is 34.3 Å². The first-order chi connectivity index (χ1) is 11.0. The minimum Gasteiger partial charge on any atom is -0.349 e. The molecule has 2 amide bonds. The first kappa shape index (κ1) is 17.9. The van der Waals surface area contributed by atoms with Crippen LogP contribution in [0.4, 0.5) is 0 Å². The summed E-state index contributed by atoms with van der Waals surface area (Å²) < 4.78 is 0. The molecule has 1 aliphatic rings. The van der Waals surface area contributed by atoms with Crippen LogP contribution < -0.4 is 5.32 Å². The van der Waals surface area contributed by atoms with Crippen LogP contribution in [0.2, 0.25) is 0 Å². The molecule has 0 saturated carbocycles. The van der Waals surface area contributed by atoms with Gasteiger partial charge in [-0.1, -0.05) is 20.8 Å². The largest absolute Gasteiger partial charge is 0.349 e. The Labute approximate surface area is 142 Å². The zero-order valence-corrected chi connectivity index (χ0v) is 15.1. The van der Waals surface area contributed by atoms with Crippen LogP contribution in [0, 0.1) is 0 Å². The van der Waals surface area contributed by atoms with Crippen molar-refractivity contribution >= 4 is 23.2 Å². The Bertz CT molecular complexity index is 542. The van der Waals surface area contributed by atoms with E-state index in [1.165, 1.54) is 0 Å². The second-order valence-electron chi connectivity index (χ2n) is 6.40.